The van der Waals surface area contributed by atoms with E-state index in [9.17, 15) is 27.6 Å². The molecule has 1 unspecified atom stereocenters. The summed E-state index contributed by atoms with van der Waals surface area (Å²) in [6.45, 7) is 1.67. The molecule has 2 aliphatic heterocycles. The van der Waals surface area contributed by atoms with Crippen LogP contribution in [0.3, 0.4) is 0 Å². The zero-order chi connectivity index (χ0) is 22.5. The van der Waals surface area contributed by atoms with E-state index >= 15 is 0 Å². The lowest BCUT2D eigenvalue weighted by molar-refractivity contribution is -0.136. The first-order valence-corrected chi connectivity index (χ1v) is 11.1. The standard InChI is InChI=1S/C20H16ClN3O6S/c1-10-3-2-4-15(17(10)21)31(29,30)23-11-5-6-12-13(9-11)20(28)24(19(12)27)14-7-8-16(25)22-18(14)26/h2-6,9,14,23H,7-8H2,1H3,(H,22,25,26). The number of imide groups is 2. The van der Waals surface area contributed by atoms with Gasteiger partial charge in [-0.05, 0) is 43.2 Å². The highest BCUT2D eigenvalue weighted by Gasteiger charge is 2.44. The Bertz CT molecular complexity index is 1270. The minimum Gasteiger partial charge on any atom is -0.295 e. The van der Waals surface area contributed by atoms with Crippen molar-refractivity contribution in [2.75, 3.05) is 4.72 Å². The van der Waals surface area contributed by atoms with Gasteiger partial charge in [0.1, 0.15) is 10.9 Å². The summed E-state index contributed by atoms with van der Waals surface area (Å²) < 4.78 is 27.9. The number of hydrogen-bond donors (Lipinski definition) is 2. The van der Waals surface area contributed by atoms with E-state index in [4.69, 9.17) is 11.6 Å². The number of anilines is 1. The predicted molar refractivity (Wildman–Crippen MR) is 110 cm³/mol. The van der Waals surface area contributed by atoms with Gasteiger partial charge in [-0.2, -0.15) is 0 Å². The number of benzene rings is 2. The zero-order valence-electron chi connectivity index (χ0n) is 16.1. The summed E-state index contributed by atoms with van der Waals surface area (Å²) in [5.41, 5.74) is 0.651. The van der Waals surface area contributed by atoms with Gasteiger partial charge < -0.3 is 0 Å². The van der Waals surface area contributed by atoms with Gasteiger partial charge in [-0.15, -0.1) is 0 Å². The van der Waals surface area contributed by atoms with Gasteiger partial charge in [-0.3, -0.25) is 34.1 Å². The van der Waals surface area contributed by atoms with Gasteiger partial charge in [0, 0.05) is 12.1 Å². The van der Waals surface area contributed by atoms with Gasteiger partial charge in [0.05, 0.1) is 16.1 Å². The Balaban J connectivity index is 1.64. The van der Waals surface area contributed by atoms with Crippen molar-refractivity contribution < 1.29 is 27.6 Å². The fourth-order valence-corrected chi connectivity index (χ4v) is 5.21. The number of hydrogen-bond acceptors (Lipinski definition) is 6. The van der Waals surface area contributed by atoms with E-state index in [0.29, 0.717) is 5.56 Å². The van der Waals surface area contributed by atoms with Crippen molar-refractivity contribution in [3.8, 4) is 0 Å². The number of rotatable bonds is 4. The first-order chi connectivity index (χ1) is 14.6. The van der Waals surface area contributed by atoms with Gasteiger partial charge in [-0.1, -0.05) is 23.7 Å². The zero-order valence-corrected chi connectivity index (χ0v) is 17.7. The largest absolute Gasteiger partial charge is 0.295 e. The third-order valence-corrected chi connectivity index (χ3v) is 7.18. The number of carbonyl (C=O) groups excluding carboxylic acids is 4. The summed E-state index contributed by atoms with van der Waals surface area (Å²) in [6.07, 6.45) is 0.0353. The van der Waals surface area contributed by atoms with Gasteiger partial charge in [0.15, 0.2) is 0 Å². The fourth-order valence-electron chi connectivity index (χ4n) is 3.57. The molecule has 4 amide bonds. The molecule has 2 N–H and O–H groups in total. The summed E-state index contributed by atoms with van der Waals surface area (Å²) >= 11 is 6.12. The number of fused-ring (bicyclic) bond motifs is 1. The molecular weight excluding hydrogens is 446 g/mol. The van der Waals surface area contributed by atoms with E-state index in [0.717, 1.165) is 4.90 Å². The van der Waals surface area contributed by atoms with Crippen molar-refractivity contribution in [2.45, 2.75) is 30.7 Å². The molecular formula is C20H16ClN3O6S. The maximum atomic E-state index is 12.9. The van der Waals surface area contributed by atoms with Gasteiger partial charge >= 0.3 is 0 Å². The number of nitrogens with one attached hydrogen (secondary N) is 2. The second kappa shape index (κ2) is 7.47. The molecule has 160 valence electrons. The molecule has 11 heteroatoms. The second-order valence-corrected chi connectivity index (χ2v) is 9.23. The van der Waals surface area contributed by atoms with Crippen molar-refractivity contribution in [1.82, 2.24) is 10.2 Å². The lowest BCUT2D eigenvalue weighted by atomic mass is 10.0. The van der Waals surface area contributed by atoms with Crippen LogP contribution in [0.15, 0.2) is 41.3 Å². The molecule has 0 aliphatic carbocycles. The molecule has 2 aromatic rings. The maximum absolute atomic E-state index is 12.9. The molecule has 0 spiro atoms. The molecule has 0 aromatic heterocycles. The van der Waals surface area contributed by atoms with E-state index < -0.39 is 39.7 Å². The number of carbonyl (C=O) groups is 4. The smallest absolute Gasteiger partial charge is 0.263 e. The van der Waals surface area contributed by atoms with Crippen LogP contribution in [0.4, 0.5) is 5.69 Å². The number of aryl methyl sites for hydroxylation is 1. The van der Waals surface area contributed by atoms with E-state index in [-0.39, 0.29) is 39.6 Å². The SMILES string of the molecule is Cc1cccc(S(=O)(=O)Nc2ccc3c(c2)C(=O)N(C2CCC(=O)NC2=O)C3=O)c1Cl. The topological polar surface area (TPSA) is 130 Å². The molecule has 1 saturated heterocycles. The van der Waals surface area contributed by atoms with E-state index in [1.165, 1.54) is 24.3 Å². The molecule has 2 aromatic carbocycles. The highest BCUT2D eigenvalue weighted by molar-refractivity contribution is 7.92. The van der Waals surface area contributed by atoms with Crippen molar-refractivity contribution in [2.24, 2.45) is 0 Å². The minimum atomic E-state index is -4.06. The van der Waals surface area contributed by atoms with Crippen LogP contribution in [0.5, 0.6) is 0 Å². The third-order valence-electron chi connectivity index (χ3n) is 5.14. The quantitative estimate of drug-likeness (QED) is 0.668. The van der Waals surface area contributed by atoms with Crippen LogP contribution >= 0.6 is 11.6 Å². The second-order valence-electron chi connectivity index (χ2n) is 7.20. The molecule has 1 fully saturated rings. The molecule has 2 aliphatic rings. The number of halogens is 1. The predicted octanol–water partition coefficient (Wildman–Crippen LogP) is 1.85. The summed E-state index contributed by atoms with van der Waals surface area (Å²) in [5, 5.41) is 2.19. The summed E-state index contributed by atoms with van der Waals surface area (Å²) in [5.74, 6) is -2.60. The number of sulfonamides is 1. The Labute approximate surface area is 182 Å². The van der Waals surface area contributed by atoms with Crippen LogP contribution in [0, 0.1) is 6.92 Å². The Morgan fingerprint density at radius 3 is 2.48 bits per heavy atom. The number of piperidine rings is 1. The normalized spacial score (nSPS) is 18.8. The molecule has 1 atom stereocenters. The average molecular weight is 462 g/mol. The number of amides is 4. The van der Waals surface area contributed by atoms with Gasteiger partial charge in [0.25, 0.3) is 21.8 Å². The van der Waals surface area contributed by atoms with Crippen molar-refractivity contribution in [3.05, 3.63) is 58.1 Å². The highest BCUT2D eigenvalue weighted by atomic mass is 35.5. The Morgan fingerprint density at radius 2 is 1.77 bits per heavy atom. The monoisotopic (exact) mass is 461 g/mol. The van der Waals surface area contributed by atoms with Crippen molar-refractivity contribution in [1.29, 1.82) is 0 Å². The Hall–Kier alpha value is -3.24. The fraction of sp³-hybridized carbons (Fsp3) is 0.200. The molecule has 9 nitrogen and oxygen atoms in total. The van der Waals surface area contributed by atoms with Crippen molar-refractivity contribution >= 4 is 50.9 Å². The van der Waals surface area contributed by atoms with Crippen LogP contribution < -0.4 is 10.0 Å². The highest BCUT2D eigenvalue weighted by Crippen LogP contribution is 2.31. The Kier molecular flexibility index (Phi) is 5.06. The summed E-state index contributed by atoms with van der Waals surface area (Å²) in [4.78, 5) is 49.7. The average Bonchev–Trinajstić information content (AvgIpc) is 2.94. The van der Waals surface area contributed by atoms with Crippen LogP contribution in [0.2, 0.25) is 5.02 Å². The Morgan fingerprint density at radius 1 is 1.06 bits per heavy atom. The molecule has 2 heterocycles. The third kappa shape index (κ3) is 3.57. The van der Waals surface area contributed by atoms with Crippen molar-refractivity contribution in [3.63, 3.8) is 0 Å². The lowest BCUT2D eigenvalue weighted by Crippen LogP contribution is -2.54. The first kappa shape index (κ1) is 21.0. The molecule has 0 bridgehead atoms. The van der Waals surface area contributed by atoms with Crippen LogP contribution in [-0.2, 0) is 19.6 Å². The van der Waals surface area contributed by atoms with Gasteiger partial charge in [0.2, 0.25) is 11.8 Å². The van der Waals surface area contributed by atoms with E-state index in [2.05, 4.69) is 10.0 Å². The minimum absolute atomic E-state index is 0.00606. The molecule has 31 heavy (non-hydrogen) atoms. The summed E-state index contributed by atoms with van der Waals surface area (Å²) in [7, 11) is -4.06. The van der Waals surface area contributed by atoms with Crippen LogP contribution in [0.25, 0.3) is 0 Å². The maximum Gasteiger partial charge on any atom is 0.263 e. The molecule has 0 saturated carbocycles. The molecule has 0 radical (unpaired) electrons. The van der Waals surface area contributed by atoms with E-state index in [1.54, 1.807) is 19.1 Å². The van der Waals surface area contributed by atoms with E-state index in [1.807, 2.05) is 0 Å². The van der Waals surface area contributed by atoms with Gasteiger partial charge in [-0.25, -0.2) is 8.42 Å². The lowest BCUT2D eigenvalue weighted by Gasteiger charge is -2.27. The first-order valence-electron chi connectivity index (χ1n) is 9.24. The summed E-state index contributed by atoms with van der Waals surface area (Å²) in [6, 6.07) is 7.38. The van der Waals surface area contributed by atoms with Crippen LogP contribution in [0.1, 0.15) is 39.1 Å². The molecule has 4 rings (SSSR count). The number of nitrogens with zero attached hydrogens (tertiary/aromatic N) is 1. The van der Waals surface area contributed by atoms with Crippen LogP contribution in [-0.4, -0.2) is 43.0 Å².